The molecule has 1 nitrogen and oxygen atoms in total. The van der Waals surface area contributed by atoms with Gasteiger partial charge in [0.1, 0.15) is 0 Å². The van der Waals surface area contributed by atoms with Crippen LogP contribution >= 0.6 is 0 Å². The van der Waals surface area contributed by atoms with Crippen molar-refractivity contribution in [1.82, 2.24) is 0 Å². The second-order valence-corrected chi connectivity index (χ2v) is 12.6. The van der Waals surface area contributed by atoms with E-state index in [1.807, 2.05) is 0 Å². The Morgan fingerprint density at radius 1 is 1.07 bits per heavy atom. The van der Waals surface area contributed by atoms with E-state index in [-0.39, 0.29) is 6.10 Å². The van der Waals surface area contributed by atoms with E-state index in [0.29, 0.717) is 16.2 Å². The standard InChI is InChI=1S/C26H44O/c1-17(16-24(2,3)4)21-9-10-22-20-8-7-18-15-19(27)11-13-25(18,5)23(20)12-14-26(21,22)6/h7,17,19-23,27H,8-16H2,1-6H3/t17?,19-,20?,21+,22?,23?,25-,26+/m0/s1. The first-order valence-corrected chi connectivity index (χ1v) is 11.9. The van der Waals surface area contributed by atoms with Crippen LogP contribution in [0.5, 0.6) is 0 Å². The fraction of sp³-hybridized carbons (Fsp3) is 0.923. The predicted molar refractivity (Wildman–Crippen MR) is 114 cm³/mol. The maximum Gasteiger partial charge on any atom is 0.0577 e. The smallest absolute Gasteiger partial charge is 0.0577 e. The summed E-state index contributed by atoms with van der Waals surface area (Å²) in [5, 5.41) is 10.2. The number of hydrogen-bond donors (Lipinski definition) is 1. The van der Waals surface area contributed by atoms with Crippen molar-refractivity contribution in [3.05, 3.63) is 11.6 Å². The molecule has 4 unspecified atom stereocenters. The molecule has 0 aromatic heterocycles. The molecule has 27 heavy (non-hydrogen) atoms. The molecule has 0 aromatic rings. The van der Waals surface area contributed by atoms with E-state index in [0.717, 1.165) is 42.4 Å². The molecular weight excluding hydrogens is 328 g/mol. The van der Waals surface area contributed by atoms with Crippen LogP contribution in [0, 0.1) is 45.8 Å². The van der Waals surface area contributed by atoms with Gasteiger partial charge in [-0.15, -0.1) is 0 Å². The summed E-state index contributed by atoms with van der Waals surface area (Å²) in [6.07, 6.45) is 14.2. The number of aliphatic hydroxyl groups excluding tert-OH is 1. The minimum Gasteiger partial charge on any atom is -0.393 e. The highest BCUT2D eigenvalue weighted by Crippen LogP contribution is 2.67. The Morgan fingerprint density at radius 2 is 1.81 bits per heavy atom. The van der Waals surface area contributed by atoms with E-state index in [1.54, 1.807) is 5.57 Å². The van der Waals surface area contributed by atoms with Crippen molar-refractivity contribution in [2.75, 3.05) is 0 Å². The molecule has 4 rings (SSSR count). The Balaban J connectivity index is 1.57. The Morgan fingerprint density at radius 3 is 2.52 bits per heavy atom. The fourth-order valence-electron chi connectivity index (χ4n) is 8.73. The Labute approximate surface area is 168 Å². The lowest BCUT2D eigenvalue weighted by Gasteiger charge is -2.58. The molecule has 0 aliphatic heterocycles. The van der Waals surface area contributed by atoms with Crippen molar-refractivity contribution in [2.45, 2.75) is 105 Å². The van der Waals surface area contributed by atoms with Crippen LogP contribution in [0.25, 0.3) is 0 Å². The van der Waals surface area contributed by atoms with Gasteiger partial charge in [-0.05, 0) is 104 Å². The lowest BCUT2D eigenvalue weighted by Crippen LogP contribution is -2.50. The van der Waals surface area contributed by atoms with Crippen molar-refractivity contribution in [3.8, 4) is 0 Å². The first-order chi connectivity index (χ1) is 12.5. The van der Waals surface area contributed by atoms with E-state index >= 15 is 0 Å². The third kappa shape index (κ3) is 3.24. The van der Waals surface area contributed by atoms with Gasteiger partial charge in [0.2, 0.25) is 0 Å². The maximum absolute atomic E-state index is 10.2. The molecular formula is C26H44O. The zero-order valence-electron chi connectivity index (χ0n) is 18.9. The minimum absolute atomic E-state index is 0.0798. The van der Waals surface area contributed by atoms with Gasteiger partial charge in [0.25, 0.3) is 0 Å². The third-order valence-electron chi connectivity index (χ3n) is 9.77. The van der Waals surface area contributed by atoms with Gasteiger partial charge >= 0.3 is 0 Å². The van der Waals surface area contributed by atoms with E-state index in [1.165, 1.54) is 44.9 Å². The summed E-state index contributed by atoms with van der Waals surface area (Å²) in [5.41, 5.74) is 3.02. The van der Waals surface area contributed by atoms with Crippen molar-refractivity contribution < 1.29 is 5.11 Å². The van der Waals surface area contributed by atoms with Gasteiger partial charge in [0.05, 0.1) is 6.10 Å². The lowest BCUT2D eigenvalue weighted by molar-refractivity contribution is -0.0588. The molecule has 1 N–H and O–H groups in total. The number of fused-ring (bicyclic) bond motifs is 5. The third-order valence-corrected chi connectivity index (χ3v) is 9.77. The summed E-state index contributed by atoms with van der Waals surface area (Å²) in [4.78, 5) is 0. The summed E-state index contributed by atoms with van der Waals surface area (Å²) in [6, 6.07) is 0. The fourth-order valence-corrected chi connectivity index (χ4v) is 8.73. The molecule has 1 heteroatoms. The largest absolute Gasteiger partial charge is 0.393 e. The van der Waals surface area contributed by atoms with Gasteiger partial charge in [0.15, 0.2) is 0 Å². The molecule has 0 heterocycles. The van der Waals surface area contributed by atoms with Crippen LogP contribution in [0.3, 0.4) is 0 Å². The number of allylic oxidation sites excluding steroid dienone is 1. The summed E-state index contributed by atoms with van der Waals surface area (Å²) in [5.74, 6) is 4.49. The highest BCUT2D eigenvalue weighted by Gasteiger charge is 2.59. The molecule has 0 aromatic carbocycles. The Hall–Kier alpha value is -0.300. The van der Waals surface area contributed by atoms with Gasteiger partial charge < -0.3 is 5.11 Å². The van der Waals surface area contributed by atoms with Crippen molar-refractivity contribution >= 4 is 0 Å². The average Bonchev–Trinajstić information content (AvgIpc) is 2.91. The van der Waals surface area contributed by atoms with Gasteiger partial charge in [-0.25, -0.2) is 0 Å². The summed E-state index contributed by atoms with van der Waals surface area (Å²) in [6.45, 7) is 15.0. The Bertz CT molecular complexity index is 598. The molecule has 0 saturated heterocycles. The molecule has 0 amide bonds. The Kier molecular flexibility index (Phi) is 4.90. The van der Waals surface area contributed by atoms with Gasteiger partial charge in [0, 0.05) is 0 Å². The van der Waals surface area contributed by atoms with Crippen LogP contribution < -0.4 is 0 Å². The van der Waals surface area contributed by atoms with E-state index < -0.39 is 0 Å². The average molecular weight is 373 g/mol. The first-order valence-electron chi connectivity index (χ1n) is 11.9. The quantitative estimate of drug-likeness (QED) is 0.517. The second kappa shape index (κ2) is 6.61. The predicted octanol–water partition coefficient (Wildman–Crippen LogP) is 7.00. The highest BCUT2D eigenvalue weighted by molar-refractivity contribution is 5.25. The van der Waals surface area contributed by atoms with Crippen LogP contribution in [0.15, 0.2) is 11.6 Å². The molecule has 0 bridgehead atoms. The monoisotopic (exact) mass is 372 g/mol. The highest BCUT2D eigenvalue weighted by atomic mass is 16.3. The summed E-state index contributed by atoms with van der Waals surface area (Å²) < 4.78 is 0. The second-order valence-electron chi connectivity index (χ2n) is 12.6. The number of aliphatic hydroxyl groups is 1. The van der Waals surface area contributed by atoms with Gasteiger partial charge in [-0.1, -0.05) is 53.2 Å². The molecule has 0 spiro atoms. The SMILES string of the molecule is CC(CC(C)(C)C)[C@H]1CCC2C3CC=C4C[C@@H](O)CC[C@]4(C)C3CC[C@@]21C. The van der Waals surface area contributed by atoms with Crippen LogP contribution in [-0.2, 0) is 0 Å². The van der Waals surface area contributed by atoms with E-state index in [4.69, 9.17) is 0 Å². The molecule has 3 fully saturated rings. The van der Waals surface area contributed by atoms with Crippen LogP contribution in [0.1, 0.15) is 99.3 Å². The normalized spacial score (nSPS) is 48.3. The van der Waals surface area contributed by atoms with Crippen molar-refractivity contribution in [1.29, 1.82) is 0 Å². The maximum atomic E-state index is 10.2. The number of hydrogen-bond acceptors (Lipinski definition) is 1. The van der Waals surface area contributed by atoms with Gasteiger partial charge in [-0.2, -0.15) is 0 Å². The number of rotatable bonds is 2. The first kappa shape index (κ1) is 20.0. The lowest BCUT2D eigenvalue weighted by atomic mass is 9.47. The van der Waals surface area contributed by atoms with Crippen LogP contribution in [0.4, 0.5) is 0 Å². The van der Waals surface area contributed by atoms with Crippen molar-refractivity contribution in [3.63, 3.8) is 0 Å². The van der Waals surface area contributed by atoms with Crippen LogP contribution in [0.2, 0.25) is 0 Å². The topological polar surface area (TPSA) is 20.2 Å². The minimum atomic E-state index is -0.0798. The van der Waals surface area contributed by atoms with E-state index in [9.17, 15) is 5.11 Å². The zero-order valence-corrected chi connectivity index (χ0v) is 18.9. The molecule has 4 aliphatic rings. The zero-order chi connectivity index (χ0) is 19.6. The van der Waals surface area contributed by atoms with Gasteiger partial charge in [-0.3, -0.25) is 0 Å². The summed E-state index contributed by atoms with van der Waals surface area (Å²) >= 11 is 0. The molecule has 154 valence electrons. The molecule has 3 saturated carbocycles. The van der Waals surface area contributed by atoms with E-state index in [2.05, 4.69) is 47.6 Å². The van der Waals surface area contributed by atoms with Crippen molar-refractivity contribution in [2.24, 2.45) is 45.8 Å². The molecule has 0 radical (unpaired) electrons. The molecule has 4 aliphatic carbocycles. The summed E-state index contributed by atoms with van der Waals surface area (Å²) in [7, 11) is 0. The van der Waals surface area contributed by atoms with Crippen LogP contribution in [-0.4, -0.2) is 11.2 Å². The molecule has 8 atom stereocenters.